The van der Waals surface area contributed by atoms with Crippen LogP contribution in [0.4, 0.5) is 0 Å². The third-order valence-corrected chi connectivity index (χ3v) is 4.62. The van der Waals surface area contributed by atoms with Crippen LogP contribution in [0.3, 0.4) is 0 Å². The second-order valence-corrected chi connectivity index (χ2v) is 6.59. The number of nitrogens with one attached hydrogen (secondary N) is 3. The number of aryl methyl sites for hydroxylation is 2. The van der Waals surface area contributed by atoms with Crippen molar-refractivity contribution in [1.82, 2.24) is 35.4 Å². The minimum atomic E-state index is 0.485. The Morgan fingerprint density at radius 3 is 2.90 bits per heavy atom. The fraction of sp³-hybridized carbons (Fsp3) is 0.300. The van der Waals surface area contributed by atoms with E-state index in [1.807, 2.05) is 37.3 Å². The zero-order valence-corrected chi connectivity index (χ0v) is 16.5. The van der Waals surface area contributed by atoms with Crippen molar-refractivity contribution in [3.05, 3.63) is 54.3 Å². The fourth-order valence-corrected chi connectivity index (χ4v) is 3.20. The monoisotopic (exact) mass is 392 g/mol. The Labute approximate surface area is 168 Å². The number of furan rings is 1. The largest absolute Gasteiger partial charge is 0.461 e. The lowest BCUT2D eigenvalue weighted by molar-refractivity contribution is 0.577. The van der Waals surface area contributed by atoms with Crippen LogP contribution in [0, 0.1) is 6.92 Å². The first-order valence-corrected chi connectivity index (χ1v) is 9.56. The highest BCUT2D eigenvalue weighted by Gasteiger charge is 2.09. The Morgan fingerprint density at radius 1 is 1.17 bits per heavy atom. The van der Waals surface area contributed by atoms with Crippen LogP contribution >= 0.6 is 0 Å². The van der Waals surface area contributed by atoms with Gasteiger partial charge in [-0.2, -0.15) is 0 Å². The molecule has 0 fully saturated rings. The van der Waals surface area contributed by atoms with E-state index in [-0.39, 0.29) is 0 Å². The number of para-hydroxylation sites is 2. The smallest absolute Gasteiger partial charge is 0.216 e. The molecule has 150 valence electrons. The number of benzene rings is 1. The second-order valence-electron chi connectivity index (χ2n) is 6.59. The summed E-state index contributed by atoms with van der Waals surface area (Å²) in [5, 5.41) is 13.6. The maximum atomic E-state index is 5.30. The molecule has 1 aromatic carbocycles. The number of hydrogen-bond donors (Lipinski definition) is 3. The first-order chi connectivity index (χ1) is 14.2. The number of hydrogen-bond acceptors (Lipinski definition) is 5. The molecule has 0 saturated carbocycles. The Hall–Kier alpha value is -3.62. The highest BCUT2D eigenvalue weighted by molar-refractivity contribution is 5.79. The highest BCUT2D eigenvalue weighted by Crippen LogP contribution is 2.16. The molecule has 9 heteroatoms. The second kappa shape index (κ2) is 8.59. The average molecular weight is 392 g/mol. The number of nitrogens with zero attached hydrogens (tertiary/aromatic N) is 5. The van der Waals surface area contributed by atoms with Crippen molar-refractivity contribution < 1.29 is 4.42 Å². The van der Waals surface area contributed by atoms with Gasteiger partial charge in [0.1, 0.15) is 11.6 Å². The molecule has 3 aromatic heterocycles. The van der Waals surface area contributed by atoms with Crippen molar-refractivity contribution >= 4 is 17.0 Å². The first-order valence-electron chi connectivity index (χ1n) is 9.56. The molecule has 9 nitrogen and oxygen atoms in total. The predicted octanol–water partition coefficient (Wildman–Crippen LogP) is 2.48. The van der Waals surface area contributed by atoms with Crippen LogP contribution < -0.4 is 10.6 Å². The number of H-pyrrole nitrogens is 1. The van der Waals surface area contributed by atoms with E-state index >= 15 is 0 Å². The number of aliphatic imine (C=N–C) groups is 1. The number of imidazole rings is 1. The lowest BCUT2D eigenvalue weighted by Crippen LogP contribution is -2.37. The van der Waals surface area contributed by atoms with Crippen molar-refractivity contribution in [2.45, 2.75) is 26.4 Å². The molecule has 0 saturated heterocycles. The van der Waals surface area contributed by atoms with Gasteiger partial charge < -0.3 is 19.6 Å². The lowest BCUT2D eigenvalue weighted by Gasteiger charge is -2.12. The Morgan fingerprint density at radius 2 is 2.07 bits per heavy atom. The minimum Gasteiger partial charge on any atom is -0.461 e. The molecule has 0 amide bonds. The summed E-state index contributed by atoms with van der Waals surface area (Å²) in [5.74, 6) is 3.63. The topological polar surface area (TPSA) is 109 Å². The molecule has 4 rings (SSSR count). The first kappa shape index (κ1) is 18.7. The number of rotatable bonds is 7. The molecule has 3 heterocycles. The lowest BCUT2D eigenvalue weighted by atomic mass is 10.3. The standard InChI is InChI=1S/C20H24N8O/c1-14-24-15-7-3-4-8-16(15)28(14)11-6-10-22-20(21-2)23-13-18-25-19(27-26-18)17-9-5-12-29-17/h3-5,7-9,12H,6,10-11,13H2,1-2H3,(H2,21,22,23)(H,25,26,27). The molecule has 0 spiro atoms. The van der Waals surface area contributed by atoms with Gasteiger partial charge in [0.05, 0.1) is 23.8 Å². The summed E-state index contributed by atoms with van der Waals surface area (Å²) in [6.45, 7) is 4.21. The molecule has 0 unspecified atom stereocenters. The van der Waals surface area contributed by atoms with Crippen molar-refractivity contribution in [1.29, 1.82) is 0 Å². The summed E-state index contributed by atoms with van der Waals surface area (Å²) in [6.07, 6.45) is 2.55. The van der Waals surface area contributed by atoms with E-state index in [1.54, 1.807) is 13.3 Å². The van der Waals surface area contributed by atoms with Crippen molar-refractivity contribution in [2.24, 2.45) is 4.99 Å². The van der Waals surface area contributed by atoms with Gasteiger partial charge in [-0.25, -0.2) is 9.97 Å². The van der Waals surface area contributed by atoms with Crippen molar-refractivity contribution in [2.75, 3.05) is 13.6 Å². The maximum absolute atomic E-state index is 5.30. The van der Waals surface area contributed by atoms with Crippen LogP contribution in [-0.4, -0.2) is 44.3 Å². The third kappa shape index (κ3) is 4.29. The van der Waals surface area contributed by atoms with E-state index in [9.17, 15) is 0 Å². The normalized spacial score (nSPS) is 11.9. The molecular weight excluding hydrogens is 368 g/mol. The molecule has 29 heavy (non-hydrogen) atoms. The Kier molecular flexibility index (Phi) is 5.55. The molecule has 0 aliphatic heterocycles. The average Bonchev–Trinajstić information content (AvgIpc) is 3.47. The highest BCUT2D eigenvalue weighted by atomic mass is 16.3. The van der Waals surface area contributed by atoms with Gasteiger partial charge >= 0.3 is 0 Å². The fourth-order valence-electron chi connectivity index (χ4n) is 3.20. The van der Waals surface area contributed by atoms with Crippen LogP contribution in [0.25, 0.3) is 22.6 Å². The summed E-state index contributed by atoms with van der Waals surface area (Å²) < 4.78 is 7.55. The van der Waals surface area contributed by atoms with Gasteiger partial charge in [0.2, 0.25) is 5.82 Å². The molecular formula is C20H24N8O. The van der Waals surface area contributed by atoms with E-state index < -0.39 is 0 Å². The maximum Gasteiger partial charge on any atom is 0.216 e. The van der Waals surface area contributed by atoms with E-state index in [1.165, 1.54) is 5.52 Å². The number of aromatic amines is 1. The SMILES string of the molecule is CN=C(NCCCn1c(C)nc2ccccc21)NCc1nc(-c2ccco2)n[nH]1. The van der Waals surface area contributed by atoms with Gasteiger partial charge in [-0.3, -0.25) is 10.1 Å². The van der Waals surface area contributed by atoms with Gasteiger partial charge in [0.15, 0.2) is 11.7 Å². The number of aromatic nitrogens is 5. The number of fused-ring (bicyclic) bond motifs is 1. The summed E-state index contributed by atoms with van der Waals surface area (Å²) in [6, 6.07) is 11.9. The summed E-state index contributed by atoms with van der Waals surface area (Å²) in [7, 11) is 1.75. The summed E-state index contributed by atoms with van der Waals surface area (Å²) >= 11 is 0. The van der Waals surface area contributed by atoms with E-state index in [2.05, 4.69) is 46.4 Å². The predicted molar refractivity (Wildman–Crippen MR) is 111 cm³/mol. The van der Waals surface area contributed by atoms with Gasteiger partial charge in [-0.05, 0) is 37.6 Å². The molecule has 0 aliphatic carbocycles. The summed E-state index contributed by atoms with van der Waals surface area (Å²) in [4.78, 5) is 13.3. The van der Waals surface area contributed by atoms with Gasteiger partial charge in [-0.1, -0.05) is 12.1 Å². The molecule has 4 aromatic rings. The number of guanidine groups is 1. The molecule has 0 radical (unpaired) electrons. The van der Waals surface area contributed by atoms with Crippen LogP contribution in [0.2, 0.25) is 0 Å². The summed E-state index contributed by atoms with van der Waals surface area (Å²) in [5.41, 5.74) is 2.21. The van der Waals surface area contributed by atoms with Crippen LogP contribution in [0.1, 0.15) is 18.1 Å². The molecule has 0 aliphatic rings. The van der Waals surface area contributed by atoms with Crippen molar-refractivity contribution in [3.8, 4) is 11.6 Å². The van der Waals surface area contributed by atoms with Crippen LogP contribution in [0.5, 0.6) is 0 Å². The van der Waals surface area contributed by atoms with Crippen molar-refractivity contribution in [3.63, 3.8) is 0 Å². The van der Waals surface area contributed by atoms with Crippen LogP contribution in [0.15, 0.2) is 52.1 Å². The molecule has 0 bridgehead atoms. The van der Waals surface area contributed by atoms with Gasteiger partial charge in [0.25, 0.3) is 0 Å². The van der Waals surface area contributed by atoms with E-state index in [0.29, 0.717) is 29.9 Å². The molecule has 0 atom stereocenters. The zero-order chi connectivity index (χ0) is 20.1. The third-order valence-electron chi connectivity index (χ3n) is 4.62. The zero-order valence-electron chi connectivity index (χ0n) is 16.5. The van der Waals surface area contributed by atoms with Crippen LogP contribution in [-0.2, 0) is 13.1 Å². The quantitative estimate of drug-likeness (QED) is 0.253. The van der Waals surface area contributed by atoms with Gasteiger partial charge in [-0.15, -0.1) is 5.10 Å². The van der Waals surface area contributed by atoms with E-state index in [0.717, 1.165) is 30.9 Å². The van der Waals surface area contributed by atoms with Gasteiger partial charge in [0, 0.05) is 20.1 Å². The Balaban J connectivity index is 1.25. The molecule has 3 N–H and O–H groups in total. The Bertz CT molecular complexity index is 1090. The van der Waals surface area contributed by atoms with E-state index in [4.69, 9.17) is 4.42 Å². The minimum absolute atomic E-state index is 0.485.